The van der Waals surface area contributed by atoms with Crippen LogP contribution in [-0.4, -0.2) is 5.78 Å². The van der Waals surface area contributed by atoms with Crippen molar-refractivity contribution in [3.63, 3.8) is 0 Å². The number of hydrogen-bond acceptors (Lipinski definition) is 1. The van der Waals surface area contributed by atoms with Crippen LogP contribution in [0.15, 0.2) is 36.4 Å². The van der Waals surface area contributed by atoms with Crippen LogP contribution in [0.2, 0.25) is 0 Å². The van der Waals surface area contributed by atoms with Gasteiger partial charge in [-0.3, -0.25) is 4.79 Å². The Morgan fingerprint density at radius 1 is 1.00 bits per heavy atom. The quantitative estimate of drug-likeness (QED) is 0.738. The number of rotatable bonds is 1. The van der Waals surface area contributed by atoms with E-state index in [2.05, 4.69) is 0 Å². The maximum Gasteiger partial charge on any atom is 0.163 e. The molecule has 0 bridgehead atoms. The van der Waals surface area contributed by atoms with Gasteiger partial charge in [0.1, 0.15) is 5.82 Å². The SMILES string of the molecule is Cc1cc(-c2ccc3c(c2)CCC3=O)ccc1F. The van der Waals surface area contributed by atoms with Crippen molar-refractivity contribution >= 4 is 5.78 Å². The molecule has 3 rings (SSSR count). The summed E-state index contributed by atoms with van der Waals surface area (Å²) in [6.45, 7) is 1.76. The van der Waals surface area contributed by atoms with Crippen molar-refractivity contribution in [2.24, 2.45) is 0 Å². The number of carbonyl (C=O) groups excluding carboxylic acids is 1. The van der Waals surface area contributed by atoms with Crippen molar-refractivity contribution in [2.45, 2.75) is 19.8 Å². The van der Waals surface area contributed by atoms with E-state index in [0.717, 1.165) is 28.7 Å². The highest BCUT2D eigenvalue weighted by atomic mass is 19.1. The summed E-state index contributed by atoms with van der Waals surface area (Å²) in [5.41, 5.74) is 4.64. The Balaban J connectivity index is 2.07. The molecule has 0 aliphatic heterocycles. The first-order valence-corrected chi connectivity index (χ1v) is 6.08. The molecule has 1 aliphatic rings. The number of halogens is 1. The minimum Gasteiger partial charge on any atom is -0.294 e. The smallest absolute Gasteiger partial charge is 0.163 e. The molecular formula is C16H13FO. The highest BCUT2D eigenvalue weighted by Crippen LogP contribution is 2.28. The molecule has 2 heteroatoms. The van der Waals surface area contributed by atoms with Crippen LogP contribution in [0, 0.1) is 12.7 Å². The normalized spacial score (nSPS) is 13.8. The summed E-state index contributed by atoms with van der Waals surface area (Å²) in [6.07, 6.45) is 1.43. The standard InChI is InChI=1S/C16H13FO/c1-10-8-11(3-6-15(10)17)12-2-5-14-13(9-12)4-7-16(14)18/h2-3,5-6,8-9H,4,7H2,1H3. The molecule has 0 radical (unpaired) electrons. The zero-order chi connectivity index (χ0) is 12.7. The van der Waals surface area contributed by atoms with Crippen LogP contribution in [0.4, 0.5) is 4.39 Å². The van der Waals surface area contributed by atoms with Crippen molar-refractivity contribution in [3.8, 4) is 11.1 Å². The Bertz CT molecular complexity index is 644. The van der Waals surface area contributed by atoms with Gasteiger partial charge in [0.15, 0.2) is 5.78 Å². The monoisotopic (exact) mass is 240 g/mol. The van der Waals surface area contributed by atoms with Gasteiger partial charge in [0, 0.05) is 12.0 Å². The maximum atomic E-state index is 13.2. The summed E-state index contributed by atoms with van der Waals surface area (Å²) in [6, 6.07) is 11.0. The molecule has 90 valence electrons. The number of hydrogen-bond donors (Lipinski definition) is 0. The van der Waals surface area contributed by atoms with E-state index < -0.39 is 0 Å². The van der Waals surface area contributed by atoms with E-state index in [0.29, 0.717) is 12.0 Å². The molecule has 1 aliphatic carbocycles. The van der Waals surface area contributed by atoms with Crippen LogP contribution >= 0.6 is 0 Å². The fraction of sp³-hybridized carbons (Fsp3) is 0.188. The summed E-state index contributed by atoms with van der Waals surface area (Å²) in [5.74, 6) is 0.0434. The summed E-state index contributed by atoms with van der Waals surface area (Å²) in [7, 11) is 0. The molecule has 0 saturated carbocycles. The first-order valence-electron chi connectivity index (χ1n) is 6.08. The third-order valence-corrected chi connectivity index (χ3v) is 3.52. The number of Topliss-reactive ketones (excluding diaryl/α,β-unsaturated/α-hetero) is 1. The largest absolute Gasteiger partial charge is 0.294 e. The van der Waals surface area contributed by atoms with E-state index in [1.165, 1.54) is 6.07 Å². The second-order valence-corrected chi connectivity index (χ2v) is 4.76. The van der Waals surface area contributed by atoms with E-state index in [1.54, 1.807) is 13.0 Å². The molecule has 2 aromatic rings. The van der Waals surface area contributed by atoms with E-state index in [1.807, 2.05) is 24.3 Å². The zero-order valence-electron chi connectivity index (χ0n) is 10.2. The van der Waals surface area contributed by atoms with E-state index >= 15 is 0 Å². The molecule has 18 heavy (non-hydrogen) atoms. The highest BCUT2D eigenvalue weighted by Gasteiger charge is 2.19. The van der Waals surface area contributed by atoms with Gasteiger partial charge in [0.05, 0.1) is 0 Å². The number of aryl methyl sites for hydroxylation is 2. The highest BCUT2D eigenvalue weighted by molar-refractivity contribution is 6.00. The van der Waals surface area contributed by atoms with E-state index in [9.17, 15) is 9.18 Å². The molecule has 0 atom stereocenters. The van der Waals surface area contributed by atoms with Crippen LogP contribution in [0.5, 0.6) is 0 Å². The molecule has 0 fully saturated rings. The number of fused-ring (bicyclic) bond motifs is 1. The molecule has 2 aromatic carbocycles. The van der Waals surface area contributed by atoms with Crippen LogP contribution in [0.3, 0.4) is 0 Å². The lowest BCUT2D eigenvalue weighted by atomic mass is 9.99. The summed E-state index contributed by atoms with van der Waals surface area (Å²) >= 11 is 0. The Kier molecular flexibility index (Phi) is 2.51. The predicted molar refractivity (Wildman–Crippen MR) is 69.2 cm³/mol. The van der Waals surface area contributed by atoms with Crippen LogP contribution in [0.1, 0.15) is 27.9 Å². The molecule has 1 nitrogen and oxygen atoms in total. The molecule has 0 unspecified atom stereocenters. The van der Waals surface area contributed by atoms with Crippen molar-refractivity contribution in [1.29, 1.82) is 0 Å². The zero-order valence-corrected chi connectivity index (χ0v) is 10.2. The minimum absolute atomic E-state index is 0.185. The summed E-state index contributed by atoms with van der Waals surface area (Å²) in [4.78, 5) is 11.6. The second-order valence-electron chi connectivity index (χ2n) is 4.76. The first-order chi connectivity index (χ1) is 8.65. The maximum absolute atomic E-state index is 13.2. The van der Waals surface area contributed by atoms with Gasteiger partial charge in [0.2, 0.25) is 0 Å². The molecule has 0 heterocycles. The minimum atomic E-state index is -0.185. The van der Waals surface area contributed by atoms with E-state index in [-0.39, 0.29) is 11.6 Å². The lowest BCUT2D eigenvalue weighted by Crippen LogP contribution is -1.91. The average Bonchev–Trinajstić information content (AvgIpc) is 2.74. The number of carbonyl (C=O) groups is 1. The molecule has 0 spiro atoms. The van der Waals surface area contributed by atoms with Gasteiger partial charge in [-0.1, -0.05) is 24.3 Å². The predicted octanol–water partition coefficient (Wildman–Crippen LogP) is 3.93. The lowest BCUT2D eigenvalue weighted by molar-refractivity contribution is 0.0994. The van der Waals surface area contributed by atoms with Gasteiger partial charge in [-0.2, -0.15) is 0 Å². The number of benzene rings is 2. The van der Waals surface area contributed by atoms with Crippen LogP contribution < -0.4 is 0 Å². The van der Waals surface area contributed by atoms with Gasteiger partial charge >= 0.3 is 0 Å². The van der Waals surface area contributed by atoms with Crippen molar-refractivity contribution < 1.29 is 9.18 Å². The van der Waals surface area contributed by atoms with Gasteiger partial charge in [-0.15, -0.1) is 0 Å². The Labute approximate surface area is 105 Å². The molecule has 0 saturated heterocycles. The van der Waals surface area contributed by atoms with Gasteiger partial charge in [-0.25, -0.2) is 4.39 Å². The third-order valence-electron chi connectivity index (χ3n) is 3.52. The first kappa shape index (κ1) is 11.1. The molecular weight excluding hydrogens is 227 g/mol. The molecule has 0 amide bonds. The topological polar surface area (TPSA) is 17.1 Å². The summed E-state index contributed by atoms with van der Waals surface area (Å²) in [5, 5.41) is 0. The second kappa shape index (κ2) is 4.05. The lowest BCUT2D eigenvalue weighted by Gasteiger charge is -2.06. The third kappa shape index (κ3) is 1.74. The van der Waals surface area contributed by atoms with Crippen LogP contribution in [0.25, 0.3) is 11.1 Å². The Morgan fingerprint density at radius 3 is 2.50 bits per heavy atom. The fourth-order valence-corrected chi connectivity index (χ4v) is 2.46. The molecule has 0 aromatic heterocycles. The summed E-state index contributed by atoms with van der Waals surface area (Å²) < 4.78 is 13.2. The Morgan fingerprint density at radius 2 is 1.72 bits per heavy atom. The van der Waals surface area contributed by atoms with Gasteiger partial charge in [0.25, 0.3) is 0 Å². The van der Waals surface area contributed by atoms with Gasteiger partial charge in [-0.05, 0) is 47.7 Å². The van der Waals surface area contributed by atoms with Crippen molar-refractivity contribution in [1.82, 2.24) is 0 Å². The van der Waals surface area contributed by atoms with Crippen LogP contribution in [-0.2, 0) is 6.42 Å². The Hall–Kier alpha value is -1.96. The van der Waals surface area contributed by atoms with Crippen molar-refractivity contribution in [2.75, 3.05) is 0 Å². The fourth-order valence-electron chi connectivity index (χ4n) is 2.46. The van der Waals surface area contributed by atoms with Crippen molar-refractivity contribution in [3.05, 3.63) is 58.9 Å². The van der Waals surface area contributed by atoms with E-state index in [4.69, 9.17) is 0 Å². The number of ketones is 1. The molecule has 0 N–H and O–H groups in total. The average molecular weight is 240 g/mol. The van der Waals surface area contributed by atoms with Gasteiger partial charge < -0.3 is 0 Å².